The summed E-state index contributed by atoms with van der Waals surface area (Å²) in [6, 6.07) is 5.61. The zero-order valence-electron chi connectivity index (χ0n) is 13.5. The molecule has 0 radical (unpaired) electrons. The molecular formula is C18H16N2O4S. The van der Waals surface area contributed by atoms with E-state index in [-0.39, 0.29) is 23.7 Å². The Bertz CT molecular complexity index is 984. The average Bonchev–Trinajstić information content (AvgIpc) is 3.22. The molecule has 2 aromatic heterocycles. The summed E-state index contributed by atoms with van der Waals surface area (Å²) in [5.74, 6) is -0.643. The van der Waals surface area contributed by atoms with Crippen molar-refractivity contribution in [1.82, 2.24) is 4.98 Å². The standard InChI is InChI=1S/C18H16N2O4S/c1-9-8-24-13(7-15(21)22)16(9)17(23)19-11-4-5-12-14(6-11)25-18(20-12)10-2-3-10/h4-6,8,10H,2-3,7H2,1H3,(H,19,23)(H,21,22). The molecule has 128 valence electrons. The van der Waals surface area contributed by atoms with Gasteiger partial charge >= 0.3 is 5.97 Å². The lowest BCUT2D eigenvalue weighted by Crippen LogP contribution is -2.15. The Morgan fingerprint density at radius 2 is 2.20 bits per heavy atom. The molecule has 2 heterocycles. The van der Waals surface area contributed by atoms with Crippen molar-refractivity contribution in [2.75, 3.05) is 5.32 Å². The predicted octanol–water partition coefficient (Wildman–Crippen LogP) is 3.95. The third-order valence-electron chi connectivity index (χ3n) is 4.18. The smallest absolute Gasteiger partial charge is 0.311 e. The second-order valence-corrected chi connectivity index (χ2v) is 7.31. The minimum atomic E-state index is -1.04. The maximum absolute atomic E-state index is 12.6. The Morgan fingerprint density at radius 1 is 1.40 bits per heavy atom. The molecular weight excluding hydrogens is 340 g/mol. The van der Waals surface area contributed by atoms with Crippen LogP contribution in [0.5, 0.6) is 0 Å². The molecule has 1 amide bonds. The van der Waals surface area contributed by atoms with Crippen molar-refractivity contribution in [3.05, 3.63) is 46.4 Å². The van der Waals surface area contributed by atoms with Gasteiger partial charge in [-0.1, -0.05) is 0 Å². The number of aryl methyl sites for hydroxylation is 1. The van der Waals surface area contributed by atoms with Crippen LogP contribution < -0.4 is 5.32 Å². The van der Waals surface area contributed by atoms with Gasteiger partial charge in [0.1, 0.15) is 12.2 Å². The van der Waals surface area contributed by atoms with Crippen LogP contribution in [0.3, 0.4) is 0 Å². The monoisotopic (exact) mass is 356 g/mol. The second kappa shape index (κ2) is 6.00. The predicted molar refractivity (Wildman–Crippen MR) is 94.3 cm³/mol. The summed E-state index contributed by atoms with van der Waals surface area (Å²) < 4.78 is 6.26. The molecule has 0 spiro atoms. The molecule has 0 bridgehead atoms. The van der Waals surface area contributed by atoms with E-state index >= 15 is 0 Å². The van der Waals surface area contributed by atoms with Crippen molar-refractivity contribution in [3.63, 3.8) is 0 Å². The number of hydrogen-bond acceptors (Lipinski definition) is 5. The summed E-state index contributed by atoms with van der Waals surface area (Å²) in [5, 5.41) is 12.9. The largest absolute Gasteiger partial charge is 0.481 e. The third kappa shape index (κ3) is 3.15. The quantitative estimate of drug-likeness (QED) is 0.722. The summed E-state index contributed by atoms with van der Waals surface area (Å²) >= 11 is 1.66. The number of benzene rings is 1. The van der Waals surface area contributed by atoms with E-state index in [1.807, 2.05) is 18.2 Å². The maximum atomic E-state index is 12.6. The van der Waals surface area contributed by atoms with Gasteiger partial charge in [-0.25, -0.2) is 4.98 Å². The molecule has 7 heteroatoms. The van der Waals surface area contributed by atoms with Crippen molar-refractivity contribution in [1.29, 1.82) is 0 Å². The van der Waals surface area contributed by atoms with Crippen LogP contribution in [0.2, 0.25) is 0 Å². The molecule has 1 saturated carbocycles. The first-order valence-electron chi connectivity index (χ1n) is 8.02. The number of fused-ring (bicyclic) bond motifs is 1. The molecule has 1 fully saturated rings. The minimum absolute atomic E-state index is 0.164. The Morgan fingerprint density at radius 3 is 2.92 bits per heavy atom. The van der Waals surface area contributed by atoms with Crippen LogP contribution in [-0.4, -0.2) is 22.0 Å². The molecule has 25 heavy (non-hydrogen) atoms. The average molecular weight is 356 g/mol. The van der Waals surface area contributed by atoms with Crippen LogP contribution in [0.25, 0.3) is 10.2 Å². The van der Waals surface area contributed by atoms with Crippen molar-refractivity contribution >= 4 is 39.1 Å². The van der Waals surface area contributed by atoms with Crippen molar-refractivity contribution in [2.24, 2.45) is 0 Å². The Labute approximate surface area is 147 Å². The molecule has 1 aliphatic rings. The van der Waals surface area contributed by atoms with Crippen LogP contribution >= 0.6 is 11.3 Å². The number of anilines is 1. The molecule has 2 N–H and O–H groups in total. The number of thiazole rings is 1. The van der Waals surface area contributed by atoms with Gasteiger partial charge in [0.05, 0.1) is 27.1 Å². The minimum Gasteiger partial charge on any atom is -0.481 e. The SMILES string of the molecule is Cc1coc(CC(=O)O)c1C(=O)Nc1ccc2nc(C3CC3)sc2c1. The van der Waals surface area contributed by atoms with E-state index in [1.54, 1.807) is 18.3 Å². The molecule has 0 unspecified atom stereocenters. The fourth-order valence-electron chi connectivity index (χ4n) is 2.79. The summed E-state index contributed by atoms with van der Waals surface area (Å²) in [4.78, 5) is 28.1. The van der Waals surface area contributed by atoms with Crippen LogP contribution in [0.4, 0.5) is 5.69 Å². The number of carbonyl (C=O) groups is 2. The van der Waals surface area contributed by atoms with Crippen molar-refractivity contribution in [2.45, 2.75) is 32.1 Å². The first-order valence-corrected chi connectivity index (χ1v) is 8.83. The first-order chi connectivity index (χ1) is 12.0. The number of carboxylic acid groups (broad SMARTS) is 1. The van der Waals surface area contributed by atoms with E-state index in [0.717, 1.165) is 15.2 Å². The number of furan rings is 1. The van der Waals surface area contributed by atoms with Gasteiger partial charge in [-0.15, -0.1) is 11.3 Å². The van der Waals surface area contributed by atoms with Gasteiger partial charge < -0.3 is 14.8 Å². The van der Waals surface area contributed by atoms with Gasteiger partial charge in [0.25, 0.3) is 5.91 Å². The highest BCUT2D eigenvalue weighted by Gasteiger charge is 2.27. The Hall–Kier alpha value is -2.67. The summed E-state index contributed by atoms with van der Waals surface area (Å²) in [7, 11) is 0. The molecule has 0 atom stereocenters. The molecule has 3 aromatic rings. The fraction of sp³-hybridized carbons (Fsp3) is 0.278. The number of nitrogens with one attached hydrogen (secondary N) is 1. The fourth-order valence-corrected chi connectivity index (χ4v) is 3.96. The number of carboxylic acids is 1. The summed E-state index contributed by atoms with van der Waals surface area (Å²) in [6.45, 7) is 1.72. The zero-order valence-corrected chi connectivity index (χ0v) is 14.4. The second-order valence-electron chi connectivity index (χ2n) is 6.25. The van der Waals surface area contributed by atoms with Gasteiger partial charge in [0, 0.05) is 17.2 Å². The third-order valence-corrected chi connectivity index (χ3v) is 5.36. The highest BCUT2D eigenvalue weighted by atomic mass is 32.1. The van der Waals surface area contributed by atoms with Crippen molar-refractivity contribution in [3.8, 4) is 0 Å². The Balaban J connectivity index is 1.59. The molecule has 0 aliphatic heterocycles. The van der Waals surface area contributed by atoms with Gasteiger partial charge in [-0.2, -0.15) is 0 Å². The molecule has 1 aliphatic carbocycles. The number of aliphatic carboxylic acids is 1. The number of carbonyl (C=O) groups excluding carboxylic acids is 1. The van der Waals surface area contributed by atoms with E-state index in [0.29, 0.717) is 17.2 Å². The van der Waals surface area contributed by atoms with Crippen LogP contribution in [-0.2, 0) is 11.2 Å². The van der Waals surface area contributed by atoms with Crippen LogP contribution in [0.15, 0.2) is 28.9 Å². The molecule has 6 nitrogen and oxygen atoms in total. The summed E-state index contributed by atoms with van der Waals surface area (Å²) in [5.41, 5.74) is 2.50. The van der Waals surface area contributed by atoms with E-state index in [9.17, 15) is 9.59 Å². The highest BCUT2D eigenvalue weighted by molar-refractivity contribution is 7.18. The van der Waals surface area contributed by atoms with E-state index < -0.39 is 5.97 Å². The molecule has 4 rings (SSSR count). The summed E-state index contributed by atoms with van der Waals surface area (Å²) in [6.07, 6.45) is 3.49. The van der Waals surface area contributed by atoms with Gasteiger partial charge in [-0.3, -0.25) is 9.59 Å². The Kier molecular flexibility index (Phi) is 3.80. The van der Waals surface area contributed by atoms with Crippen molar-refractivity contribution < 1.29 is 19.1 Å². The number of aromatic nitrogens is 1. The van der Waals surface area contributed by atoms with E-state index in [1.165, 1.54) is 19.1 Å². The first kappa shape index (κ1) is 15.8. The molecule has 1 aromatic carbocycles. The normalized spacial score (nSPS) is 14.0. The van der Waals surface area contributed by atoms with E-state index in [4.69, 9.17) is 9.52 Å². The lowest BCUT2D eigenvalue weighted by molar-refractivity contribution is -0.136. The number of amides is 1. The lowest BCUT2D eigenvalue weighted by Gasteiger charge is -2.06. The number of hydrogen-bond donors (Lipinski definition) is 2. The van der Waals surface area contributed by atoms with Crippen LogP contribution in [0, 0.1) is 6.92 Å². The van der Waals surface area contributed by atoms with Gasteiger partial charge in [0.2, 0.25) is 0 Å². The lowest BCUT2D eigenvalue weighted by atomic mass is 10.1. The topological polar surface area (TPSA) is 92.4 Å². The van der Waals surface area contributed by atoms with Gasteiger partial charge in [0.15, 0.2) is 0 Å². The zero-order chi connectivity index (χ0) is 17.6. The number of rotatable bonds is 5. The molecule has 0 saturated heterocycles. The highest BCUT2D eigenvalue weighted by Crippen LogP contribution is 2.43. The van der Waals surface area contributed by atoms with Crippen LogP contribution in [0.1, 0.15) is 45.4 Å². The number of nitrogens with zero attached hydrogens (tertiary/aromatic N) is 1. The van der Waals surface area contributed by atoms with Gasteiger partial charge in [-0.05, 0) is 38.0 Å². The maximum Gasteiger partial charge on any atom is 0.311 e. The van der Waals surface area contributed by atoms with E-state index in [2.05, 4.69) is 10.3 Å².